The summed E-state index contributed by atoms with van der Waals surface area (Å²) in [6.45, 7) is 14.6. The molecule has 0 aliphatic heterocycles. The van der Waals surface area contributed by atoms with Gasteiger partial charge in [0.25, 0.3) is 0 Å². The Labute approximate surface area is 121 Å². The van der Waals surface area contributed by atoms with Crippen LogP contribution in [0.15, 0.2) is 12.3 Å². The summed E-state index contributed by atoms with van der Waals surface area (Å²) in [5.41, 5.74) is 1.22. The van der Waals surface area contributed by atoms with Gasteiger partial charge in [-0.25, -0.2) is 0 Å². The number of allylic oxidation sites excluding steroid dienone is 1. The van der Waals surface area contributed by atoms with Gasteiger partial charge in [-0.2, -0.15) is 0 Å². The molecule has 1 aliphatic carbocycles. The first-order chi connectivity index (χ1) is 9.13. The minimum atomic E-state index is 0.939. The van der Waals surface area contributed by atoms with Crippen LogP contribution in [0.4, 0.5) is 0 Å². The third-order valence-corrected chi connectivity index (χ3v) is 5.20. The third-order valence-electron chi connectivity index (χ3n) is 5.20. The molecule has 0 heterocycles. The standard InChI is InChI=1S/C18H35N/c1-6-10-15(5)19-12-9-11-18-14(4)13-16(7-2)17(18)8-3/h14,16-19H,5-13H2,1-4H3. The molecule has 1 aliphatic rings. The van der Waals surface area contributed by atoms with Crippen LogP contribution in [0.3, 0.4) is 0 Å². The Balaban J connectivity index is 2.29. The lowest BCUT2D eigenvalue weighted by molar-refractivity contribution is 0.257. The van der Waals surface area contributed by atoms with Gasteiger partial charge in [0.05, 0.1) is 0 Å². The molecule has 1 heteroatoms. The summed E-state index contributed by atoms with van der Waals surface area (Å²) in [7, 11) is 0. The van der Waals surface area contributed by atoms with Crippen LogP contribution >= 0.6 is 0 Å². The molecule has 4 atom stereocenters. The van der Waals surface area contributed by atoms with Crippen LogP contribution in [0.5, 0.6) is 0 Å². The molecule has 1 saturated carbocycles. The molecule has 0 saturated heterocycles. The van der Waals surface area contributed by atoms with Crippen molar-refractivity contribution < 1.29 is 0 Å². The number of hydrogen-bond donors (Lipinski definition) is 1. The maximum Gasteiger partial charge on any atom is 0.0143 e. The predicted octanol–water partition coefficient (Wildman–Crippen LogP) is 5.38. The minimum Gasteiger partial charge on any atom is -0.389 e. The molecule has 0 amide bonds. The van der Waals surface area contributed by atoms with Crippen LogP contribution in [-0.2, 0) is 0 Å². The van der Waals surface area contributed by atoms with Gasteiger partial charge in [0.2, 0.25) is 0 Å². The molecule has 112 valence electrons. The smallest absolute Gasteiger partial charge is 0.0143 e. The molecule has 1 rings (SSSR count). The average molecular weight is 265 g/mol. The zero-order valence-corrected chi connectivity index (χ0v) is 13.7. The van der Waals surface area contributed by atoms with Crippen molar-refractivity contribution in [2.75, 3.05) is 6.54 Å². The zero-order chi connectivity index (χ0) is 14.3. The van der Waals surface area contributed by atoms with Gasteiger partial charge in [-0.1, -0.05) is 53.5 Å². The Kier molecular flexibility index (Phi) is 7.56. The van der Waals surface area contributed by atoms with Gasteiger partial charge in [0, 0.05) is 12.2 Å². The maximum atomic E-state index is 4.07. The summed E-state index contributed by atoms with van der Waals surface area (Å²) >= 11 is 0. The zero-order valence-electron chi connectivity index (χ0n) is 13.7. The van der Waals surface area contributed by atoms with E-state index in [1.165, 1.54) is 44.2 Å². The van der Waals surface area contributed by atoms with Crippen LogP contribution < -0.4 is 5.32 Å². The Hall–Kier alpha value is -0.460. The molecular formula is C18H35N. The maximum absolute atomic E-state index is 4.07. The molecule has 1 N–H and O–H groups in total. The Morgan fingerprint density at radius 3 is 2.47 bits per heavy atom. The van der Waals surface area contributed by atoms with Gasteiger partial charge in [-0.15, -0.1) is 0 Å². The van der Waals surface area contributed by atoms with Gasteiger partial charge in [0.15, 0.2) is 0 Å². The monoisotopic (exact) mass is 265 g/mol. The Bertz CT molecular complexity index is 258. The Morgan fingerprint density at radius 1 is 1.16 bits per heavy atom. The summed E-state index contributed by atoms with van der Waals surface area (Å²) in [6, 6.07) is 0. The van der Waals surface area contributed by atoms with Gasteiger partial charge in [-0.3, -0.25) is 0 Å². The van der Waals surface area contributed by atoms with E-state index in [2.05, 4.69) is 39.6 Å². The van der Waals surface area contributed by atoms with E-state index in [1.807, 2.05) is 0 Å². The number of rotatable bonds is 9. The molecule has 0 bridgehead atoms. The quantitative estimate of drug-likeness (QED) is 0.552. The first-order valence-corrected chi connectivity index (χ1v) is 8.55. The number of hydrogen-bond acceptors (Lipinski definition) is 1. The first-order valence-electron chi connectivity index (χ1n) is 8.55. The average Bonchev–Trinajstić information content (AvgIpc) is 2.70. The molecule has 1 nitrogen and oxygen atoms in total. The van der Waals surface area contributed by atoms with E-state index in [0.29, 0.717) is 0 Å². The van der Waals surface area contributed by atoms with Crippen molar-refractivity contribution in [3.63, 3.8) is 0 Å². The fraction of sp³-hybridized carbons (Fsp3) is 0.889. The van der Waals surface area contributed by atoms with Crippen molar-refractivity contribution in [3.8, 4) is 0 Å². The normalized spacial score (nSPS) is 30.5. The molecule has 0 radical (unpaired) electrons. The largest absolute Gasteiger partial charge is 0.389 e. The molecule has 0 aromatic carbocycles. The second-order valence-corrected chi connectivity index (χ2v) is 6.54. The molecule has 1 fully saturated rings. The van der Waals surface area contributed by atoms with Crippen molar-refractivity contribution in [2.45, 2.75) is 72.6 Å². The summed E-state index contributed by atoms with van der Waals surface area (Å²) in [4.78, 5) is 0. The highest BCUT2D eigenvalue weighted by atomic mass is 14.9. The summed E-state index contributed by atoms with van der Waals surface area (Å²) < 4.78 is 0. The molecule has 19 heavy (non-hydrogen) atoms. The van der Waals surface area contributed by atoms with Crippen molar-refractivity contribution in [1.82, 2.24) is 5.32 Å². The fourth-order valence-corrected chi connectivity index (χ4v) is 4.20. The van der Waals surface area contributed by atoms with E-state index in [1.54, 1.807) is 0 Å². The SMILES string of the molecule is C=C(CCC)NCCCC1C(C)CC(CC)C1CC. The molecular weight excluding hydrogens is 230 g/mol. The van der Waals surface area contributed by atoms with Crippen LogP contribution in [0, 0.1) is 23.7 Å². The highest BCUT2D eigenvalue weighted by molar-refractivity contribution is 4.91. The fourth-order valence-electron chi connectivity index (χ4n) is 4.20. The van der Waals surface area contributed by atoms with Crippen LogP contribution in [0.1, 0.15) is 72.6 Å². The van der Waals surface area contributed by atoms with Crippen molar-refractivity contribution in [2.24, 2.45) is 23.7 Å². The molecule has 0 aromatic rings. The number of nitrogens with one attached hydrogen (secondary N) is 1. The predicted molar refractivity (Wildman–Crippen MR) is 86.1 cm³/mol. The van der Waals surface area contributed by atoms with Crippen molar-refractivity contribution in [1.29, 1.82) is 0 Å². The van der Waals surface area contributed by atoms with E-state index in [4.69, 9.17) is 0 Å². The van der Waals surface area contributed by atoms with E-state index < -0.39 is 0 Å². The topological polar surface area (TPSA) is 12.0 Å². The van der Waals surface area contributed by atoms with Crippen LogP contribution in [-0.4, -0.2) is 6.54 Å². The van der Waals surface area contributed by atoms with Crippen LogP contribution in [0.25, 0.3) is 0 Å². The summed E-state index contributed by atoms with van der Waals surface area (Å²) in [5.74, 6) is 3.89. The lowest BCUT2D eigenvalue weighted by Crippen LogP contribution is -2.19. The molecule has 0 aromatic heterocycles. The van der Waals surface area contributed by atoms with Crippen molar-refractivity contribution in [3.05, 3.63) is 12.3 Å². The third kappa shape index (κ3) is 4.85. The Morgan fingerprint density at radius 2 is 1.89 bits per heavy atom. The lowest BCUT2D eigenvalue weighted by atomic mass is 9.82. The highest BCUT2D eigenvalue weighted by Gasteiger charge is 2.38. The van der Waals surface area contributed by atoms with Crippen LogP contribution in [0.2, 0.25) is 0 Å². The second kappa shape index (κ2) is 8.66. The van der Waals surface area contributed by atoms with E-state index in [0.717, 1.165) is 36.6 Å². The minimum absolute atomic E-state index is 0.939. The van der Waals surface area contributed by atoms with Gasteiger partial charge < -0.3 is 5.32 Å². The van der Waals surface area contributed by atoms with Crippen molar-refractivity contribution >= 4 is 0 Å². The highest BCUT2D eigenvalue weighted by Crippen LogP contribution is 2.46. The molecule has 4 unspecified atom stereocenters. The van der Waals surface area contributed by atoms with Gasteiger partial charge in [0.1, 0.15) is 0 Å². The van der Waals surface area contributed by atoms with E-state index in [-0.39, 0.29) is 0 Å². The molecule has 0 spiro atoms. The second-order valence-electron chi connectivity index (χ2n) is 6.54. The van der Waals surface area contributed by atoms with E-state index >= 15 is 0 Å². The summed E-state index contributed by atoms with van der Waals surface area (Å²) in [6.07, 6.45) is 9.26. The lowest BCUT2D eigenvalue weighted by Gasteiger charge is -2.24. The summed E-state index contributed by atoms with van der Waals surface area (Å²) in [5, 5.41) is 3.49. The van der Waals surface area contributed by atoms with E-state index in [9.17, 15) is 0 Å². The first kappa shape index (κ1) is 16.6. The van der Waals surface area contributed by atoms with Gasteiger partial charge in [-0.05, 0) is 49.4 Å². The van der Waals surface area contributed by atoms with Gasteiger partial charge >= 0.3 is 0 Å².